The van der Waals surface area contributed by atoms with Gasteiger partial charge in [0, 0.05) is 38.4 Å². The van der Waals surface area contributed by atoms with Crippen molar-refractivity contribution in [2.24, 2.45) is 0 Å². The Hall–Kier alpha value is -1.30. The monoisotopic (exact) mass is 244 g/mol. The fraction of sp³-hybridized carbons (Fsp3) is 0.667. The molecule has 0 aliphatic carbocycles. The normalized spacial score (nSPS) is 17.1. The van der Waals surface area contributed by atoms with E-state index in [1.807, 2.05) is 4.90 Å². The van der Waals surface area contributed by atoms with Crippen molar-refractivity contribution in [2.45, 2.75) is 12.8 Å². The predicted molar refractivity (Wildman–Crippen MR) is 58.6 cm³/mol. The second-order valence-electron chi connectivity index (χ2n) is 3.50. The molecule has 0 aromatic carbocycles. The van der Waals surface area contributed by atoms with Gasteiger partial charge in [-0.3, -0.25) is 4.79 Å². The van der Waals surface area contributed by atoms with Crippen LogP contribution >= 0.6 is 11.6 Å². The van der Waals surface area contributed by atoms with E-state index in [2.05, 4.69) is 15.5 Å². The summed E-state index contributed by atoms with van der Waals surface area (Å²) >= 11 is 5.58. The minimum absolute atomic E-state index is 0.0583. The van der Waals surface area contributed by atoms with E-state index in [0.29, 0.717) is 50.3 Å². The Kier molecular flexibility index (Phi) is 3.61. The maximum atomic E-state index is 11.1. The van der Waals surface area contributed by atoms with Crippen molar-refractivity contribution in [3.63, 3.8) is 0 Å². The van der Waals surface area contributed by atoms with Gasteiger partial charge in [0.15, 0.2) is 0 Å². The maximum absolute atomic E-state index is 11.1. The highest BCUT2D eigenvalue weighted by Gasteiger charge is 2.18. The van der Waals surface area contributed by atoms with Gasteiger partial charge in [0.05, 0.1) is 0 Å². The number of amides is 1. The summed E-state index contributed by atoms with van der Waals surface area (Å²) in [5.74, 6) is 1.05. The average molecular weight is 245 g/mol. The number of nitrogens with one attached hydrogen (secondary N) is 1. The largest absolute Gasteiger partial charge is 0.408 e. The number of anilines is 1. The van der Waals surface area contributed by atoms with Crippen molar-refractivity contribution >= 4 is 23.5 Å². The van der Waals surface area contributed by atoms with Gasteiger partial charge in [0.2, 0.25) is 11.8 Å². The molecule has 1 aromatic rings. The number of rotatable bonds is 3. The third kappa shape index (κ3) is 2.63. The first-order valence-corrected chi connectivity index (χ1v) is 5.73. The molecule has 0 atom stereocenters. The van der Waals surface area contributed by atoms with Gasteiger partial charge in [-0.1, -0.05) is 5.10 Å². The Morgan fingerprint density at radius 1 is 1.44 bits per heavy atom. The number of hydrogen-bond donors (Lipinski definition) is 1. The molecule has 16 heavy (non-hydrogen) atoms. The van der Waals surface area contributed by atoms with E-state index in [-0.39, 0.29) is 5.91 Å². The maximum Gasteiger partial charge on any atom is 0.318 e. The highest BCUT2D eigenvalue weighted by molar-refractivity contribution is 6.17. The van der Waals surface area contributed by atoms with E-state index in [0.717, 1.165) is 0 Å². The molecule has 0 saturated carbocycles. The molecule has 1 aliphatic heterocycles. The van der Waals surface area contributed by atoms with E-state index < -0.39 is 0 Å². The molecule has 1 amide bonds. The number of carbonyl (C=O) groups is 1. The molecule has 0 unspecified atom stereocenters. The van der Waals surface area contributed by atoms with Crippen molar-refractivity contribution in [1.29, 1.82) is 0 Å². The van der Waals surface area contributed by atoms with Crippen LogP contribution in [0.25, 0.3) is 0 Å². The number of carbonyl (C=O) groups excluding carboxylic acids is 1. The predicted octanol–water partition coefficient (Wildman–Crippen LogP) is 0.177. The van der Waals surface area contributed by atoms with Crippen LogP contribution in [0.3, 0.4) is 0 Å². The zero-order valence-electron chi connectivity index (χ0n) is 8.78. The Labute approximate surface area is 98.0 Å². The number of halogens is 1. The lowest BCUT2D eigenvalue weighted by Crippen LogP contribution is -2.28. The molecule has 2 heterocycles. The first-order valence-electron chi connectivity index (χ1n) is 5.19. The van der Waals surface area contributed by atoms with E-state index in [1.165, 1.54) is 0 Å². The van der Waals surface area contributed by atoms with Gasteiger partial charge in [0.25, 0.3) is 0 Å². The van der Waals surface area contributed by atoms with Crippen molar-refractivity contribution in [1.82, 2.24) is 15.5 Å². The zero-order valence-corrected chi connectivity index (χ0v) is 9.53. The van der Waals surface area contributed by atoms with E-state index >= 15 is 0 Å². The molecule has 2 rings (SSSR count). The standard InChI is InChI=1S/C9H13ClN4O2/c10-3-1-8-12-13-9(16-8)14-5-2-7(15)11-4-6-14/h1-6H2,(H,11,15). The molecular formula is C9H13ClN4O2. The van der Waals surface area contributed by atoms with Crippen LogP contribution in [0, 0.1) is 0 Å². The highest BCUT2D eigenvalue weighted by atomic mass is 35.5. The average Bonchev–Trinajstić information content (AvgIpc) is 2.62. The second-order valence-corrected chi connectivity index (χ2v) is 3.88. The molecule has 88 valence electrons. The number of alkyl halides is 1. The molecule has 6 nitrogen and oxygen atoms in total. The summed E-state index contributed by atoms with van der Waals surface area (Å²) in [5.41, 5.74) is 0. The molecule has 0 radical (unpaired) electrons. The summed E-state index contributed by atoms with van der Waals surface area (Å²) in [7, 11) is 0. The van der Waals surface area contributed by atoms with Gasteiger partial charge in [-0.25, -0.2) is 0 Å². The van der Waals surface area contributed by atoms with Gasteiger partial charge in [-0.05, 0) is 0 Å². The van der Waals surface area contributed by atoms with Gasteiger partial charge < -0.3 is 14.6 Å². The topological polar surface area (TPSA) is 71.3 Å². The fourth-order valence-electron chi connectivity index (χ4n) is 1.51. The molecule has 0 bridgehead atoms. The molecule has 1 aromatic heterocycles. The Bertz CT molecular complexity index is 368. The molecule has 1 aliphatic rings. The minimum Gasteiger partial charge on any atom is -0.408 e. The number of hydrogen-bond acceptors (Lipinski definition) is 5. The van der Waals surface area contributed by atoms with Gasteiger partial charge >= 0.3 is 6.01 Å². The Morgan fingerprint density at radius 3 is 3.12 bits per heavy atom. The highest BCUT2D eigenvalue weighted by Crippen LogP contribution is 2.13. The van der Waals surface area contributed by atoms with E-state index in [4.69, 9.17) is 16.0 Å². The number of nitrogens with zero attached hydrogens (tertiary/aromatic N) is 3. The second kappa shape index (κ2) is 5.16. The van der Waals surface area contributed by atoms with Gasteiger partial charge in [-0.15, -0.1) is 16.7 Å². The van der Waals surface area contributed by atoms with E-state index in [9.17, 15) is 4.79 Å². The fourth-order valence-corrected chi connectivity index (χ4v) is 1.67. The quantitative estimate of drug-likeness (QED) is 0.768. The molecular weight excluding hydrogens is 232 g/mol. The van der Waals surface area contributed by atoms with Crippen LogP contribution in [0.15, 0.2) is 4.42 Å². The minimum atomic E-state index is 0.0583. The van der Waals surface area contributed by atoms with Crippen LogP contribution in [-0.4, -0.2) is 41.6 Å². The summed E-state index contributed by atoms with van der Waals surface area (Å²) in [6, 6.07) is 0.469. The summed E-state index contributed by atoms with van der Waals surface area (Å²) in [5, 5.41) is 10.6. The molecule has 1 N–H and O–H groups in total. The summed E-state index contributed by atoms with van der Waals surface area (Å²) in [6.45, 7) is 1.90. The third-order valence-corrected chi connectivity index (χ3v) is 2.54. The summed E-state index contributed by atoms with van der Waals surface area (Å²) in [6.07, 6.45) is 1.02. The number of aryl methyl sites for hydroxylation is 1. The lowest BCUT2D eigenvalue weighted by Gasteiger charge is -2.15. The van der Waals surface area contributed by atoms with Crippen LogP contribution < -0.4 is 10.2 Å². The molecule has 1 saturated heterocycles. The van der Waals surface area contributed by atoms with Crippen molar-refractivity contribution in [3.8, 4) is 0 Å². The van der Waals surface area contributed by atoms with Crippen molar-refractivity contribution in [3.05, 3.63) is 5.89 Å². The summed E-state index contributed by atoms with van der Waals surface area (Å²) in [4.78, 5) is 13.1. The van der Waals surface area contributed by atoms with E-state index in [1.54, 1.807) is 0 Å². The molecule has 7 heteroatoms. The third-order valence-electron chi connectivity index (χ3n) is 2.35. The molecule has 1 fully saturated rings. The van der Waals surface area contributed by atoms with Gasteiger partial charge in [0.1, 0.15) is 0 Å². The Morgan fingerprint density at radius 2 is 2.31 bits per heavy atom. The van der Waals surface area contributed by atoms with Crippen LogP contribution in [0.1, 0.15) is 12.3 Å². The van der Waals surface area contributed by atoms with Crippen LogP contribution in [0.4, 0.5) is 6.01 Å². The SMILES string of the molecule is O=C1CCN(c2nnc(CCCl)o2)CCN1. The van der Waals surface area contributed by atoms with Crippen LogP contribution in [-0.2, 0) is 11.2 Å². The lowest BCUT2D eigenvalue weighted by molar-refractivity contribution is -0.120. The van der Waals surface area contributed by atoms with Crippen molar-refractivity contribution < 1.29 is 9.21 Å². The first kappa shape index (κ1) is 11.2. The Balaban J connectivity index is 2.01. The zero-order chi connectivity index (χ0) is 11.4. The summed E-state index contributed by atoms with van der Waals surface area (Å²) < 4.78 is 5.43. The first-order chi connectivity index (χ1) is 7.79. The molecule has 0 spiro atoms. The lowest BCUT2D eigenvalue weighted by atomic mass is 10.4. The van der Waals surface area contributed by atoms with Crippen LogP contribution in [0.2, 0.25) is 0 Å². The van der Waals surface area contributed by atoms with Crippen LogP contribution in [0.5, 0.6) is 0 Å². The van der Waals surface area contributed by atoms with Gasteiger partial charge in [-0.2, -0.15) is 0 Å². The smallest absolute Gasteiger partial charge is 0.318 e. The number of aromatic nitrogens is 2. The van der Waals surface area contributed by atoms with Crippen molar-refractivity contribution in [2.75, 3.05) is 30.4 Å².